The highest BCUT2D eigenvalue weighted by Gasteiger charge is 2.12. The third kappa shape index (κ3) is 3.34. The summed E-state index contributed by atoms with van der Waals surface area (Å²) in [6, 6.07) is 14.0. The maximum atomic E-state index is 2.35. The average Bonchev–Trinajstić information content (AvgIpc) is 2.56. The normalized spacial score (nSPS) is 10.8. The lowest BCUT2D eigenvalue weighted by molar-refractivity contribution is 1.54. The van der Waals surface area contributed by atoms with Crippen molar-refractivity contribution in [1.82, 2.24) is 0 Å². The molecule has 3 rings (SSSR count). The van der Waals surface area contributed by atoms with Crippen LogP contribution in [0.5, 0.6) is 0 Å². The molecule has 3 aromatic carbocycles. The first kappa shape index (κ1) is 18.8. The molecule has 0 spiro atoms. The van der Waals surface area contributed by atoms with Crippen LogP contribution < -0.4 is 32.8 Å². The van der Waals surface area contributed by atoms with Crippen LogP contribution in [0.15, 0.2) is 36.4 Å². The van der Waals surface area contributed by atoms with Crippen molar-refractivity contribution in [3.8, 4) is 22.3 Å². The molecule has 0 saturated heterocycles. The Balaban J connectivity index is 2.18. The molecule has 0 nitrogen and oxygen atoms in total. The zero-order valence-corrected chi connectivity index (χ0v) is 17.5. The van der Waals surface area contributed by atoms with E-state index in [1.54, 1.807) is 0 Å². The minimum absolute atomic E-state index is 1.32. The molecule has 0 saturated carbocycles. The van der Waals surface area contributed by atoms with E-state index < -0.39 is 0 Å². The molecule has 0 radical (unpaired) electrons. The summed E-state index contributed by atoms with van der Waals surface area (Å²) in [5.41, 5.74) is 16.3. The van der Waals surface area contributed by atoms with Gasteiger partial charge in [-0.05, 0) is 36.1 Å². The second kappa shape index (κ2) is 6.99. The van der Waals surface area contributed by atoms with E-state index in [9.17, 15) is 0 Å². The van der Waals surface area contributed by atoms with Gasteiger partial charge in [-0.2, -0.15) is 0 Å². The molecule has 0 atom stereocenters. The van der Waals surface area contributed by atoms with Gasteiger partial charge in [0.15, 0.2) is 0 Å². The predicted molar refractivity (Wildman–Crippen MR) is 136 cm³/mol. The summed E-state index contributed by atoms with van der Waals surface area (Å²) in [7, 11) is 13.3. The molecule has 0 unspecified atom stereocenters. The van der Waals surface area contributed by atoms with Crippen molar-refractivity contribution in [2.24, 2.45) is 0 Å². The molecule has 0 fully saturated rings. The smallest absolute Gasteiger partial charge is 0.0861 e. The molecular weight excluding hydrogens is 305 g/mol. The molecule has 0 amide bonds. The van der Waals surface area contributed by atoms with Gasteiger partial charge in [0.25, 0.3) is 0 Å². The summed E-state index contributed by atoms with van der Waals surface area (Å²) in [5.74, 6) is 0. The molecule has 0 aliphatic carbocycles. The predicted octanol–water partition coefficient (Wildman–Crippen LogP) is -4.81. The summed E-state index contributed by atoms with van der Waals surface area (Å²) in [6.45, 7) is 4.40. The summed E-state index contributed by atoms with van der Waals surface area (Å²) < 4.78 is 0. The highest BCUT2D eigenvalue weighted by molar-refractivity contribution is 6.47. The standard InChI is InChI=1S/C20H24B6/c1-9-3-17(24)13(8-14(9)21)20-18(25)6-12(7-19(20)26)11-4-15(22)10(2)16(23)5-11/h3-8H,21-26H2,1-2H3. The van der Waals surface area contributed by atoms with Crippen LogP contribution in [0.4, 0.5) is 0 Å². The first-order valence-electron chi connectivity index (χ1n) is 9.46. The topological polar surface area (TPSA) is 0 Å². The van der Waals surface area contributed by atoms with Crippen molar-refractivity contribution in [3.05, 3.63) is 47.5 Å². The molecule has 26 heavy (non-hydrogen) atoms. The lowest BCUT2D eigenvalue weighted by Gasteiger charge is -2.18. The van der Waals surface area contributed by atoms with Gasteiger partial charge in [0.2, 0.25) is 0 Å². The van der Waals surface area contributed by atoms with Gasteiger partial charge in [-0.25, -0.2) is 0 Å². The van der Waals surface area contributed by atoms with Crippen LogP contribution in [-0.2, 0) is 0 Å². The van der Waals surface area contributed by atoms with Crippen molar-refractivity contribution in [3.63, 3.8) is 0 Å². The highest BCUT2D eigenvalue weighted by Crippen LogP contribution is 2.20. The fourth-order valence-corrected chi connectivity index (χ4v) is 3.99. The maximum Gasteiger partial charge on any atom is 0.140 e. The van der Waals surface area contributed by atoms with E-state index in [0.29, 0.717) is 0 Å². The Morgan fingerprint density at radius 1 is 0.500 bits per heavy atom. The van der Waals surface area contributed by atoms with E-state index in [2.05, 4.69) is 97.3 Å². The minimum Gasteiger partial charge on any atom is -0.0861 e. The van der Waals surface area contributed by atoms with Crippen molar-refractivity contribution in [2.45, 2.75) is 13.8 Å². The quantitative estimate of drug-likeness (QED) is 0.414. The molecule has 122 valence electrons. The Kier molecular flexibility index (Phi) is 5.06. The van der Waals surface area contributed by atoms with E-state index in [0.717, 1.165) is 0 Å². The Bertz CT molecular complexity index is 977. The second-order valence-electron chi connectivity index (χ2n) is 7.97. The Hall–Kier alpha value is -1.95. The van der Waals surface area contributed by atoms with Gasteiger partial charge in [-0.3, -0.25) is 0 Å². The van der Waals surface area contributed by atoms with Gasteiger partial charge < -0.3 is 0 Å². The Morgan fingerprint density at radius 2 is 0.962 bits per heavy atom. The monoisotopic (exact) mass is 330 g/mol. The summed E-state index contributed by atoms with van der Waals surface area (Å²) in [6.07, 6.45) is 0. The number of hydrogen-bond donors (Lipinski definition) is 0. The van der Waals surface area contributed by atoms with Gasteiger partial charge in [0.05, 0.1) is 0 Å². The number of aryl methyl sites for hydroxylation is 1. The SMILES string of the molecule is Bc1cc(-c2c(B)cc(-c3cc(B)c(C)c(B)c3)cc2B)c(B)cc1C. The number of rotatable bonds is 2. The molecular formula is C20H24B6. The second-order valence-corrected chi connectivity index (χ2v) is 7.97. The summed E-state index contributed by atoms with van der Waals surface area (Å²) in [5, 5.41) is 0. The lowest BCUT2D eigenvalue weighted by Crippen LogP contribution is -2.26. The largest absolute Gasteiger partial charge is 0.140 e. The van der Waals surface area contributed by atoms with E-state index >= 15 is 0 Å². The molecule has 0 heterocycles. The van der Waals surface area contributed by atoms with Crippen LogP contribution in [0.25, 0.3) is 22.3 Å². The first-order chi connectivity index (χ1) is 12.2. The van der Waals surface area contributed by atoms with Crippen LogP contribution in [-0.4, -0.2) is 47.1 Å². The molecule has 6 heteroatoms. The fourth-order valence-electron chi connectivity index (χ4n) is 3.99. The zero-order valence-electron chi connectivity index (χ0n) is 17.5. The van der Waals surface area contributed by atoms with E-state index in [1.807, 2.05) is 0 Å². The summed E-state index contributed by atoms with van der Waals surface area (Å²) >= 11 is 0. The van der Waals surface area contributed by atoms with Crippen molar-refractivity contribution < 1.29 is 0 Å². The van der Waals surface area contributed by atoms with Crippen molar-refractivity contribution in [1.29, 1.82) is 0 Å². The van der Waals surface area contributed by atoms with Crippen LogP contribution in [0.1, 0.15) is 11.1 Å². The first-order valence-corrected chi connectivity index (χ1v) is 9.46. The van der Waals surface area contributed by atoms with Gasteiger partial charge >= 0.3 is 0 Å². The fraction of sp³-hybridized carbons (Fsp3) is 0.100. The van der Waals surface area contributed by atoms with Crippen molar-refractivity contribution >= 4 is 79.9 Å². The van der Waals surface area contributed by atoms with Crippen LogP contribution in [0.3, 0.4) is 0 Å². The Morgan fingerprint density at radius 3 is 1.46 bits per heavy atom. The van der Waals surface area contributed by atoms with Crippen LogP contribution in [0.2, 0.25) is 0 Å². The molecule has 0 aromatic heterocycles. The number of hydrogen-bond acceptors (Lipinski definition) is 0. The minimum atomic E-state index is 1.32. The summed E-state index contributed by atoms with van der Waals surface area (Å²) in [4.78, 5) is 0. The average molecular weight is 329 g/mol. The maximum absolute atomic E-state index is 2.35. The third-order valence-electron chi connectivity index (χ3n) is 5.90. The molecule has 0 aliphatic heterocycles. The lowest BCUT2D eigenvalue weighted by atomic mass is 9.71. The van der Waals surface area contributed by atoms with Gasteiger partial charge in [-0.1, -0.05) is 80.3 Å². The van der Waals surface area contributed by atoms with Gasteiger partial charge in [0.1, 0.15) is 47.1 Å². The highest BCUT2D eigenvalue weighted by atomic mass is 14.1. The van der Waals surface area contributed by atoms with E-state index in [-0.39, 0.29) is 0 Å². The molecule has 0 bridgehead atoms. The van der Waals surface area contributed by atoms with E-state index in [1.165, 1.54) is 66.2 Å². The van der Waals surface area contributed by atoms with Crippen LogP contribution >= 0.6 is 0 Å². The number of benzene rings is 3. The Labute approximate surface area is 163 Å². The van der Waals surface area contributed by atoms with E-state index in [4.69, 9.17) is 0 Å². The van der Waals surface area contributed by atoms with Crippen LogP contribution in [0, 0.1) is 13.8 Å². The van der Waals surface area contributed by atoms with Gasteiger partial charge in [0, 0.05) is 0 Å². The van der Waals surface area contributed by atoms with Gasteiger partial charge in [-0.15, -0.1) is 0 Å². The van der Waals surface area contributed by atoms with Crippen molar-refractivity contribution in [2.75, 3.05) is 0 Å². The molecule has 0 aliphatic rings. The third-order valence-corrected chi connectivity index (χ3v) is 5.90. The molecule has 0 N–H and O–H groups in total. The molecule has 3 aromatic rings. The zero-order chi connectivity index (χ0) is 19.2.